The Morgan fingerprint density at radius 1 is 1.35 bits per heavy atom. The van der Waals surface area contributed by atoms with E-state index in [1.165, 1.54) is 0 Å². The van der Waals surface area contributed by atoms with Gasteiger partial charge in [-0.3, -0.25) is 4.79 Å². The van der Waals surface area contributed by atoms with Crippen LogP contribution in [0.1, 0.15) is 31.7 Å². The molecule has 3 nitrogen and oxygen atoms in total. The molecule has 0 spiro atoms. The Balaban J connectivity index is 2.17. The number of hydrogen-bond donors (Lipinski definition) is 2. The van der Waals surface area contributed by atoms with E-state index in [-0.39, 0.29) is 5.91 Å². The molecule has 0 aliphatic rings. The van der Waals surface area contributed by atoms with Crippen LogP contribution < -0.4 is 5.32 Å². The average molecular weight is 235 g/mol. The van der Waals surface area contributed by atoms with E-state index in [9.17, 15) is 9.90 Å². The summed E-state index contributed by atoms with van der Waals surface area (Å²) in [7, 11) is 0. The number of aliphatic hydroxyl groups is 1. The maximum absolute atomic E-state index is 11.5. The summed E-state index contributed by atoms with van der Waals surface area (Å²) in [4.78, 5) is 11.5. The van der Waals surface area contributed by atoms with Crippen LogP contribution in [-0.2, 0) is 11.2 Å². The van der Waals surface area contributed by atoms with Gasteiger partial charge in [0.2, 0.25) is 5.91 Å². The van der Waals surface area contributed by atoms with Crippen molar-refractivity contribution in [3.05, 3.63) is 35.9 Å². The highest BCUT2D eigenvalue weighted by Gasteiger charge is 2.06. The van der Waals surface area contributed by atoms with Crippen molar-refractivity contribution in [2.24, 2.45) is 0 Å². The van der Waals surface area contributed by atoms with Crippen LogP contribution in [0.3, 0.4) is 0 Å². The molecule has 0 saturated heterocycles. The Kier molecular flexibility index (Phi) is 6.33. The minimum absolute atomic E-state index is 0.00371. The van der Waals surface area contributed by atoms with Gasteiger partial charge >= 0.3 is 0 Å². The summed E-state index contributed by atoms with van der Waals surface area (Å²) in [5, 5.41) is 12.2. The molecule has 3 heteroatoms. The molecule has 1 atom stereocenters. The van der Waals surface area contributed by atoms with Crippen LogP contribution >= 0.6 is 0 Å². The molecule has 1 rings (SSSR count). The summed E-state index contributed by atoms with van der Waals surface area (Å²) in [6.07, 6.45) is 2.47. The molecule has 0 radical (unpaired) electrons. The molecule has 1 aromatic carbocycles. The number of nitrogens with one attached hydrogen (secondary N) is 1. The molecule has 0 aliphatic heterocycles. The zero-order valence-electron chi connectivity index (χ0n) is 10.4. The number of carbonyl (C=O) groups excluding carboxylic acids is 1. The maximum Gasteiger partial charge on any atom is 0.220 e. The van der Waals surface area contributed by atoms with Gasteiger partial charge in [-0.25, -0.2) is 0 Å². The van der Waals surface area contributed by atoms with E-state index in [1.807, 2.05) is 37.3 Å². The van der Waals surface area contributed by atoms with Gasteiger partial charge < -0.3 is 10.4 Å². The smallest absolute Gasteiger partial charge is 0.220 e. The first-order chi connectivity index (χ1) is 8.22. The molecule has 0 saturated carbocycles. The van der Waals surface area contributed by atoms with Crippen molar-refractivity contribution in [2.45, 2.75) is 38.7 Å². The van der Waals surface area contributed by atoms with Gasteiger partial charge in [0.15, 0.2) is 0 Å². The highest BCUT2D eigenvalue weighted by molar-refractivity contribution is 5.76. The lowest BCUT2D eigenvalue weighted by atomic mass is 10.1. The Labute approximate surface area is 103 Å². The van der Waals surface area contributed by atoms with E-state index in [0.29, 0.717) is 13.0 Å². The number of aryl methyl sites for hydroxylation is 1. The van der Waals surface area contributed by atoms with Crippen molar-refractivity contribution in [3.63, 3.8) is 0 Å². The van der Waals surface area contributed by atoms with E-state index >= 15 is 0 Å². The first-order valence-corrected chi connectivity index (χ1v) is 6.21. The van der Waals surface area contributed by atoms with Crippen molar-refractivity contribution < 1.29 is 9.90 Å². The fraction of sp³-hybridized carbons (Fsp3) is 0.500. The number of benzene rings is 1. The van der Waals surface area contributed by atoms with Gasteiger partial charge in [0.1, 0.15) is 0 Å². The Bertz CT molecular complexity index is 324. The van der Waals surface area contributed by atoms with Crippen molar-refractivity contribution in [3.8, 4) is 0 Å². The summed E-state index contributed by atoms with van der Waals surface area (Å²) in [6, 6.07) is 9.93. The standard InChI is InChI=1S/C14H21NO2/c1-2-6-13(16)11-15-14(17)10-9-12-7-4-3-5-8-12/h3-5,7-8,13,16H,2,6,9-11H2,1H3,(H,15,17). The fourth-order valence-electron chi connectivity index (χ4n) is 1.66. The molecule has 0 aromatic heterocycles. The van der Waals surface area contributed by atoms with Crippen LogP contribution in [-0.4, -0.2) is 23.7 Å². The summed E-state index contributed by atoms with van der Waals surface area (Å²) < 4.78 is 0. The van der Waals surface area contributed by atoms with Gasteiger partial charge in [0.05, 0.1) is 6.10 Å². The quantitative estimate of drug-likeness (QED) is 0.758. The van der Waals surface area contributed by atoms with Gasteiger partial charge in [-0.15, -0.1) is 0 Å². The lowest BCUT2D eigenvalue weighted by Crippen LogP contribution is -2.32. The second-order valence-electron chi connectivity index (χ2n) is 4.23. The Morgan fingerprint density at radius 3 is 2.71 bits per heavy atom. The zero-order valence-corrected chi connectivity index (χ0v) is 10.4. The van der Waals surface area contributed by atoms with Crippen LogP contribution in [0, 0.1) is 0 Å². The van der Waals surface area contributed by atoms with E-state index in [0.717, 1.165) is 24.8 Å². The van der Waals surface area contributed by atoms with E-state index in [4.69, 9.17) is 0 Å². The van der Waals surface area contributed by atoms with Gasteiger partial charge in [-0.05, 0) is 18.4 Å². The first kappa shape index (κ1) is 13.7. The van der Waals surface area contributed by atoms with Gasteiger partial charge in [-0.1, -0.05) is 43.7 Å². The Morgan fingerprint density at radius 2 is 2.06 bits per heavy atom. The highest BCUT2D eigenvalue weighted by atomic mass is 16.3. The van der Waals surface area contributed by atoms with Crippen molar-refractivity contribution in [1.29, 1.82) is 0 Å². The molecule has 0 aliphatic carbocycles. The van der Waals surface area contributed by atoms with E-state index in [1.54, 1.807) is 0 Å². The normalized spacial score (nSPS) is 12.1. The number of rotatable bonds is 7. The minimum atomic E-state index is -0.416. The fourth-order valence-corrected chi connectivity index (χ4v) is 1.66. The maximum atomic E-state index is 11.5. The minimum Gasteiger partial charge on any atom is -0.391 e. The third kappa shape index (κ3) is 6.07. The molecule has 2 N–H and O–H groups in total. The van der Waals surface area contributed by atoms with Crippen LogP contribution in [0.4, 0.5) is 0 Å². The van der Waals surface area contributed by atoms with Crippen LogP contribution in [0.15, 0.2) is 30.3 Å². The molecule has 1 aromatic rings. The monoisotopic (exact) mass is 235 g/mol. The van der Waals surface area contributed by atoms with E-state index < -0.39 is 6.10 Å². The van der Waals surface area contributed by atoms with Crippen molar-refractivity contribution >= 4 is 5.91 Å². The number of carbonyl (C=O) groups is 1. The summed E-state index contributed by atoms with van der Waals surface area (Å²) in [6.45, 7) is 2.38. The SMILES string of the molecule is CCCC(O)CNC(=O)CCc1ccccc1. The molecule has 1 unspecified atom stereocenters. The predicted octanol–water partition coefficient (Wildman–Crippen LogP) is 1.90. The lowest BCUT2D eigenvalue weighted by molar-refractivity contribution is -0.121. The topological polar surface area (TPSA) is 49.3 Å². The first-order valence-electron chi connectivity index (χ1n) is 6.21. The molecule has 1 amide bonds. The van der Waals surface area contributed by atoms with Gasteiger partial charge in [0.25, 0.3) is 0 Å². The van der Waals surface area contributed by atoms with Gasteiger partial charge in [-0.2, -0.15) is 0 Å². The molecule has 0 bridgehead atoms. The second kappa shape index (κ2) is 7.85. The highest BCUT2D eigenvalue weighted by Crippen LogP contribution is 2.02. The van der Waals surface area contributed by atoms with E-state index in [2.05, 4.69) is 5.32 Å². The molecule has 0 heterocycles. The predicted molar refractivity (Wildman–Crippen MR) is 68.7 cm³/mol. The number of aliphatic hydroxyl groups excluding tert-OH is 1. The summed E-state index contributed by atoms with van der Waals surface area (Å²) in [5.74, 6) is 0.00371. The van der Waals surface area contributed by atoms with Crippen molar-refractivity contribution in [2.75, 3.05) is 6.54 Å². The molecular formula is C14H21NO2. The summed E-state index contributed by atoms with van der Waals surface area (Å²) in [5.41, 5.74) is 1.16. The van der Waals surface area contributed by atoms with Crippen LogP contribution in [0.5, 0.6) is 0 Å². The number of hydrogen-bond acceptors (Lipinski definition) is 2. The molecular weight excluding hydrogens is 214 g/mol. The van der Waals surface area contributed by atoms with Crippen molar-refractivity contribution in [1.82, 2.24) is 5.32 Å². The second-order valence-corrected chi connectivity index (χ2v) is 4.23. The lowest BCUT2D eigenvalue weighted by Gasteiger charge is -2.10. The Hall–Kier alpha value is -1.35. The summed E-state index contributed by atoms with van der Waals surface area (Å²) >= 11 is 0. The largest absolute Gasteiger partial charge is 0.391 e. The average Bonchev–Trinajstić information content (AvgIpc) is 2.35. The van der Waals surface area contributed by atoms with Crippen LogP contribution in [0.2, 0.25) is 0 Å². The molecule has 17 heavy (non-hydrogen) atoms. The third-order valence-corrected chi connectivity index (χ3v) is 2.64. The molecule has 94 valence electrons. The van der Waals surface area contributed by atoms with Gasteiger partial charge in [0, 0.05) is 13.0 Å². The molecule has 0 fully saturated rings. The zero-order chi connectivity index (χ0) is 12.5. The number of amides is 1. The third-order valence-electron chi connectivity index (χ3n) is 2.64. The van der Waals surface area contributed by atoms with Crippen LogP contribution in [0.25, 0.3) is 0 Å².